The quantitative estimate of drug-likeness (QED) is 0.676. The summed E-state index contributed by atoms with van der Waals surface area (Å²) in [6, 6.07) is 10.1. The Morgan fingerprint density at radius 3 is 2.73 bits per heavy atom. The van der Waals surface area contributed by atoms with E-state index in [0.29, 0.717) is 0 Å². The van der Waals surface area contributed by atoms with Crippen LogP contribution in [0.15, 0.2) is 39.2 Å². The van der Waals surface area contributed by atoms with Crippen LogP contribution in [0.2, 0.25) is 0 Å². The van der Waals surface area contributed by atoms with E-state index in [1.54, 1.807) is 0 Å². The van der Waals surface area contributed by atoms with Crippen LogP contribution in [0, 0.1) is 0 Å². The van der Waals surface area contributed by atoms with E-state index in [2.05, 4.69) is 20.9 Å². The van der Waals surface area contributed by atoms with Crippen LogP contribution in [0.1, 0.15) is 0 Å². The molecule has 0 aliphatic heterocycles. The minimum Gasteiger partial charge on any atom is -0.423 e. The topological polar surface area (TPSA) is 52.0 Å². The molecule has 0 saturated heterocycles. The molecule has 0 fully saturated rings. The molecule has 3 aromatic rings. The number of nitrogens with zero attached hydrogens (tertiary/aromatic N) is 1. The summed E-state index contributed by atoms with van der Waals surface area (Å²) in [7, 11) is 0. The summed E-state index contributed by atoms with van der Waals surface area (Å²) in [6.45, 7) is 0. The molecule has 0 bridgehead atoms. The monoisotopic (exact) mass is 262 g/mol. The summed E-state index contributed by atoms with van der Waals surface area (Å²) >= 11 is 3.50. The molecule has 0 aliphatic rings. The lowest BCUT2D eigenvalue weighted by atomic mass is 10.1. The lowest BCUT2D eigenvalue weighted by molar-refractivity contribution is 0.629. The van der Waals surface area contributed by atoms with E-state index in [1.807, 2.05) is 30.3 Å². The van der Waals surface area contributed by atoms with E-state index in [1.165, 1.54) is 0 Å². The number of oxazole rings is 1. The van der Waals surface area contributed by atoms with Gasteiger partial charge >= 0.3 is 0 Å². The van der Waals surface area contributed by atoms with Crippen molar-refractivity contribution in [2.75, 3.05) is 5.73 Å². The Balaban J connectivity index is 2.62. The Hall–Kier alpha value is -1.55. The predicted molar refractivity (Wildman–Crippen MR) is 63.6 cm³/mol. The van der Waals surface area contributed by atoms with Gasteiger partial charge in [0.25, 0.3) is 6.01 Å². The molecule has 1 heterocycles. The number of hydrogen-bond acceptors (Lipinski definition) is 3. The zero-order valence-corrected chi connectivity index (χ0v) is 9.28. The summed E-state index contributed by atoms with van der Waals surface area (Å²) in [5, 5.41) is 2.12. The van der Waals surface area contributed by atoms with Crippen molar-refractivity contribution in [3.63, 3.8) is 0 Å². The molecule has 3 nitrogen and oxygen atoms in total. The smallest absolute Gasteiger partial charge is 0.293 e. The van der Waals surface area contributed by atoms with Crippen LogP contribution in [-0.2, 0) is 0 Å². The molecular formula is C11H7BrN2O. The summed E-state index contributed by atoms with van der Waals surface area (Å²) in [5.41, 5.74) is 7.06. The molecule has 0 spiro atoms. The van der Waals surface area contributed by atoms with Gasteiger partial charge in [0.15, 0.2) is 5.58 Å². The Morgan fingerprint density at radius 1 is 1.20 bits per heavy atom. The fourth-order valence-electron chi connectivity index (χ4n) is 1.73. The lowest BCUT2D eigenvalue weighted by Crippen LogP contribution is -1.80. The first-order valence-electron chi connectivity index (χ1n) is 4.49. The molecule has 2 N–H and O–H groups in total. The van der Waals surface area contributed by atoms with Crippen LogP contribution in [0.5, 0.6) is 0 Å². The van der Waals surface area contributed by atoms with E-state index < -0.39 is 0 Å². The van der Waals surface area contributed by atoms with Gasteiger partial charge in [-0.05, 0) is 11.5 Å². The lowest BCUT2D eigenvalue weighted by Gasteiger charge is -1.99. The molecule has 74 valence electrons. The van der Waals surface area contributed by atoms with Gasteiger partial charge in [-0.3, -0.25) is 0 Å². The number of hydrogen-bond donors (Lipinski definition) is 1. The highest BCUT2D eigenvalue weighted by molar-refractivity contribution is 9.10. The standard InChI is InChI=1S/C11H7BrN2O/c12-8-5-9-10(15-11(13)14-9)7-4-2-1-3-6(7)8/h1-5H,(H2,13,14). The number of rotatable bonds is 0. The number of nitrogen functional groups attached to an aromatic ring is 1. The van der Waals surface area contributed by atoms with E-state index in [-0.39, 0.29) is 6.01 Å². The van der Waals surface area contributed by atoms with E-state index in [9.17, 15) is 0 Å². The predicted octanol–water partition coefficient (Wildman–Crippen LogP) is 3.33. The first kappa shape index (κ1) is 8.73. The largest absolute Gasteiger partial charge is 0.423 e. The average Bonchev–Trinajstić information content (AvgIpc) is 2.59. The third kappa shape index (κ3) is 1.22. The third-order valence-electron chi connectivity index (χ3n) is 2.36. The number of halogens is 1. The van der Waals surface area contributed by atoms with Gasteiger partial charge < -0.3 is 10.2 Å². The molecular weight excluding hydrogens is 256 g/mol. The zero-order valence-electron chi connectivity index (χ0n) is 7.70. The zero-order chi connectivity index (χ0) is 10.4. The van der Waals surface area contributed by atoms with Crippen LogP contribution >= 0.6 is 15.9 Å². The van der Waals surface area contributed by atoms with Gasteiger partial charge in [-0.1, -0.05) is 40.2 Å². The molecule has 1 aromatic heterocycles. The summed E-state index contributed by atoms with van der Waals surface area (Å²) in [4.78, 5) is 4.11. The highest BCUT2D eigenvalue weighted by Crippen LogP contribution is 2.32. The molecule has 3 rings (SSSR count). The number of aromatic nitrogens is 1. The van der Waals surface area contributed by atoms with Crippen LogP contribution in [0.3, 0.4) is 0 Å². The van der Waals surface area contributed by atoms with Crippen molar-refractivity contribution in [2.45, 2.75) is 0 Å². The van der Waals surface area contributed by atoms with Gasteiger partial charge in [0.1, 0.15) is 5.52 Å². The summed E-state index contributed by atoms with van der Waals surface area (Å²) < 4.78 is 6.38. The van der Waals surface area contributed by atoms with E-state index >= 15 is 0 Å². The van der Waals surface area contributed by atoms with Crippen molar-refractivity contribution in [1.29, 1.82) is 0 Å². The van der Waals surface area contributed by atoms with Gasteiger partial charge in [0, 0.05) is 9.86 Å². The van der Waals surface area contributed by atoms with E-state index in [4.69, 9.17) is 10.2 Å². The molecule has 0 saturated carbocycles. The molecule has 4 heteroatoms. The van der Waals surface area contributed by atoms with Crippen LogP contribution in [0.25, 0.3) is 21.9 Å². The molecule has 0 unspecified atom stereocenters. The fourth-order valence-corrected chi connectivity index (χ4v) is 2.29. The van der Waals surface area contributed by atoms with Gasteiger partial charge in [-0.2, -0.15) is 4.98 Å². The Labute approximate surface area is 94.0 Å². The molecule has 15 heavy (non-hydrogen) atoms. The minimum absolute atomic E-state index is 0.202. The van der Waals surface area contributed by atoms with Crippen molar-refractivity contribution in [3.05, 3.63) is 34.8 Å². The average molecular weight is 263 g/mol. The Morgan fingerprint density at radius 2 is 1.93 bits per heavy atom. The fraction of sp³-hybridized carbons (Fsp3) is 0. The highest BCUT2D eigenvalue weighted by Gasteiger charge is 2.09. The van der Waals surface area contributed by atoms with E-state index in [0.717, 1.165) is 26.3 Å². The molecule has 0 amide bonds. The second-order valence-electron chi connectivity index (χ2n) is 3.30. The minimum atomic E-state index is 0.202. The SMILES string of the molecule is Nc1nc2cc(Br)c3ccccc3c2o1. The van der Waals surface area contributed by atoms with Gasteiger partial charge in [0.05, 0.1) is 0 Å². The molecule has 0 radical (unpaired) electrons. The Bertz CT molecular complexity index is 660. The summed E-state index contributed by atoms with van der Waals surface area (Å²) in [6.07, 6.45) is 0. The van der Waals surface area contributed by atoms with Crippen molar-refractivity contribution in [1.82, 2.24) is 4.98 Å². The number of anilines is 1. The van der Waals surface area contributed by atoms with Gasteiger partial charge in [0.2, 0.25) is 0 Å². The normalized spacial score (nSPS) is 11.3. The summed E-state index contributed by atoms with van der Waals surface area (Å²) in [5.74, 6) is 0. The molecule has 0 aliphatic carbocycles. The van der Waals surface area contributed by atoms with Gasteiger partial charge in [-0.25, -0.2) is 0 Å². The first-order chi connectivity index (χ1) is 7.25. The maximum absolute atomic E-state index is 5.54. The Kier molecular flexibility index (Phi) is 1.73. The number of benzene rings is 2. The van der Waals surface area contributed by atoms with Crippen molar-refractivity contribution < 1.29 is 4.42 Å². The van der Waals surface area contributed by atoms with Crippen molar-refractivity contribution in [3.8, 4) is 0 Å². The maximum Gasteiger partial charge on any atom is 0.293 e. The maximum atomic E-state index is 5.54. The van der Waals surface area contributed by atoms with Crippen LogP contribution < -0.4 is 5.73 Å². The number of fused-ring (bicyclic) bond motifs is 3. The van der Waals surface area contributed by atoms with Crippen molar-refractivity contribution in [2.24, 2.45) is 0 Å². The number of nitrogens with two attached hydrogens (primary N) is 1. The second-order valence-corrected chi connectivity index (χ2v) is 4.16. The third-order valence-corrected chi connectivity index (χ3v) is 3.02. The van der Waals surface area contributed by atoms with Crippen LogP contribution in [0.4, 0.5) is 6.01 Å². The van der Waals surface area contributed by atoms with Gasteiger partial charge in [-0.15, -0.1) is 0 Å². The highest BCUT2D eigenvalue weighted by atomic mass is 79.9. The van der Waals surface area contributed by atoms with Crippen LogP contribution in [-0.4, -0.2) is 4.98 Å². The first-order valence-corrected chi connectivity index (χ1v) is 5.28. The molecule has 2 aromatic carbocycles. The second kappa shape index (κ2) is 2.97. The van der Waals surface area contributed by atoms with Crippen molar-refractivity contribution >= 4 is 43.8 Å². The molecule has 0 atom stereocenters.